The lowest BCUT2D eigenvalue weighted by atomic mass is 9.77. The topological polar surface area (TPSA) is 83.7 Å². The number of tetrazole rings is 1. The summed E-state index contributed by atoms with van der Waals surface area (Å²) in [6, 6.07) is 3.46. The molecular formula is C19H24N6O2. The van der Waals surface area contributed by atoms with Gasteiger partial charge >= 0.3 is 0 Å². The summed E-state index contributed by atoms with van der Waals surface area (Å²) >= 11 is 0. The first-order valence-electron chi connectivity index (χ1n) is 9.34. The van der Waals surface area contributed by atoms with Gasteiger partial charge < -0.3 is 9.80 Å². The Morgan fingerprint density at radius 3 is 2.81 bits per heavy atom. The SMILES string of the molecule is CC(C)=CCN1CC2(CCN(C(=O)c3ccn4nnnc4c3)CC2)CC1=O. The van der Waals surface area contributed by atoms with E-state index >= 15 is 0 Å². The highest BCUT2D eigenvalue weighted by atomic mass is 16.2. The van der Waals surface area contributed by atoms with Crippen LogP contribution in [-0.4, -0.2) is 67.8 Å². The zero-order valence-electron chi connectivity index (χ0n) is 15.8. The van der Waals surface area contributed by atoms with Crippen LogP contribution in [0.25, 0.3) is 5.65 Å². The molecule has 2 saturated heterocycles. The molecule has 2 aliphatic rings. The first-order chi connectivity index (χ1) is 13.0. The monoisotopic (exact) mass is 368 g/mol. The Morgan fingerprint density at radius 1 is 1.30 bits per heavy atom. The van der Waals surface area contributed by atoms with Gasteiger partial charge in [0.05, 0.1) is 0 Å². The molecule has 0 unspecified atom stereocenters. The number of allylic oxidation sites excluding steroid dienone is 1. The van der Waals surface area contributed by atoms with Crippen LogP contribution in [-0.2, 0) is 4.79 Å². The fourth-order valence-electron chi connectivity index (χ4n) is 4.02. The summed E-state index contributed by atoms with van der Waals surface area (Å²) < 4.78 is 1.53. The molecule has 8 nitrogen and oxygen atoms in total. The Labute approximate surface area is 157 Å². The largest absolute Gasteiger partial charge is 0.339 e. The van der Waals surface area contributed by atoms with Gasteiger partial charge in [0, 0.05) is 49.8 Å². The molecular weight excluding hydrogens is 344 g/mol. The fraction of sp³-hybridized carbons (Fsp3) is 0.526. The minimum absolute atomic E-state index is 0.000991. The van der Waals surface area contributed by atoms with E-state index < -0.39 is 0 Å². The second-order valence-corrected chi connectivity index (χ2v) is 7.92. The van der Waals surface area contributed by atoms with E-state index in [4.69, 9.17) is 0 Å². The summed E-state index contributed by atoms with van der Waals surface area (Å²) in [5.41, 5.74) is 2.40. The van der Waals surface area contributed by atoms with E-state index in [1.807, 2.05) is 23.6 Å². The highest BCUT2D eigenvalue weighted by Crippen LogP contribution is 2.41. The number of rotatable bonds is 3. The van der Waals surface area contributed by atoms with Crippen molar-refractivity contribution in [2.75, 3.05) is 26.2 Å². The lowest BCUT2D eigenvalue weighted by Crippen LogP contribution is -2.44. The van der Waals surface area contributed by atoms with Gasteiger partial charge in [-0.3, -0.25) is 9.59 Å². The molecule has 2 aromatic heterocycles. The standard InChI is InChI=1S/C19H24N6O2/c1-14(2)3-7-24-13-19(12-17(24)26)5-9-23(10-6-19)18(27)15-4-8-25-16(11-15)20-21-22-25/h3-4,8,11H,5-7,9-10,12-13H2,1-2H3. The molecule has 0 aliphatic carbocycles. The van der Waals surface area contributed by atoms with Gasteiger partial charge in [-0.1, -0.05) is 11.6 Å². The number of piperidine rings is 1. The third-order valence-corrected chi connectivity index (χ3v) is 5.68. The molecule has 4 rings (SSSR count). The molecule has 8 heteroatoms. The predicted octanol–water partition coefficient (Wildman–Crippen LogP) is 1.55. The van der Waals surface area contributed by atoms with Crippen molar-refractivity contribution in [3.8, 4) is 0 Å². The van der Waals surface area contributed by atoms with Crippen molar-refractivity contribution in [3.63, 3.8) is 0 Å². The zero-order valence-corrected chi connectivity index (χ0v) is 15.8. The van der Waals surface area contributed by atoms with Gasteiger partial charge in [-0.05, 0) is 49.2 Å². The molecule has 2 amide bonds. The predicted molar refractivity (Wildman–Crippen MR) is 99.0 cm³/mol. The summed E-state index contributed by atoms with van der Waals surface area (Å²) in [6.45, 7) is 6.95. The van der Waals surface area contributed by atoms with Crippen molar-refractivity contribution in [1.29, 1.82) is 0 Å². The van der Waals surface area contributed by atoms with Crippen LogP contribution in [0.4, 0.5) is 0 Å². The lowest BCUT2D eigenvalue weighted by molar-refractivity contribution is -0.127. The van der Waals surface area contributed by atoms with E-state index in [0.717, 1.165) is 19.4 Å². The molecule has 2 aliphatic heterocycles. The number of hydrogen-bond acceptors (Lipinski definition) is 5. The van der Waals surface area contributed by atoms with Crippen LogP contribution in [0.3, 0.4) is 0 Å². The first-order valence-corrected chi connectivity index (χ1v) is 9.34. The Kier molecular flexibility index (Phi) is 4.41. The zero-order chi connectivity index (χ0) is 19.0. The minimum Gasteiger partial charge on any atom is -0.339 e. The van der Waals surface area contributed by atoms with Gasteiger partial charge in [0.2, 0.25) is 5.91 Å². The number of hydrogen-bond donors (Lipinski definition) is 0. The van der Waals surface area contributed by atoms with E-state index in [1.54, 1.807) is 18.3 Å². The molecule has 0 N–H and O–H groups in total. The molecule has 2 fully saturated rings. The average Bonchev–Trinajstić information content (AvgIpc) is 3.24. The number of aromatic nitrogens is 4. The van der Waals surface area contributed by atoms with Crippen molar-refractivity contribution in [2.24, 2.45) is 5.41 Å². The molecule has 0 atom stereocenters. The minimum atomic E-state index is 0.000991. The maximum absolute atomic E-state index is 12.8. The molecule has 142 valence electrons. The fourth-order valence-corrected chi connectivity index (χ4v) is 4.02. The van der Waals surface area contributed by atoms with Crippen molar-refractivity contribution >= 4 is 17.5 Å². The summed E-state index contributed by atoms with van der Waals surface area (Å²) in [5, 5.41) is 11.3. The average molecular weight is 368 g/mol. The maximum Gasteiger partial charge on any atom is 0.254 e. The Hall–Kier alpha value is -2.77. The van der Waals surface area contributed by atoms with Gasteiger partial charge in [-0.25, -0.2) is 4.52 Å². The molecule has 0 saturated carbocycles. The number of fused-ring (bicyclic) bond motifs is 1. The summed E-state index contributed by atoms with van der Waals surface area (Å²) in [6.07, 6.45) is 6.13. The van der Waals surface area contributed by atoms with E-state index in [2.05, 4.69) is 21.6 Å². The Morgan fingerprint density at radius 2 is 2.07 bits per heavy atom. The third-order valence-electron chi connectivity index (χ3n) is 5.68. The third kappa shape index (κ3) is 3.43. The molecule has 0 aromatic carbocycles. The second-order valence-electron chi connectivity index (χ2n) is 7.92. The highest BCUT2D eigenvalue weighted by Gasteiger charge is 2.45. The van der Waals surface area contributed by atoms with Crippen LogP contribution >= 0.6 is 0 Å². The van der Waals surface area contributed by atoms with Crippen LogP contribution < -0.4 is 0 Å². The first kappa shape index (κ1) is 17.6. The number of carbonyl (C=O) groups is 2. The summed E-state index contributed by atoms with van der Waals surface area (Å²) in [7, 11) is 0. The van der Waals surface area contributed by atoms with Crippen molar-refractivity contribution in [3.05, 3.63) is 35.5 Å². The number of amides is 2. The van der Waals surface area contributed by atoms with E-state index in [9.17, 15) is 9.59 Å². The van der Waals surface area contributed by atoms with Crippen LogP contribution in [0, 0.1) is 5.41 Å². The van der Waals surface area contributed by atoms with Gasteiger partial charge in [-0.15, -0.1) is 5.10 Å². The normalized spacial score (nSPS) is 19.1. The molecule has 4 heterocycles. The maximum atomic E-state index is 12.8. The second kappa shape index (κ2) is 6.75. The molecule has 0 radical (unpaired) electrons. The summed E-state index contributed by atoms with van der Waals surface area (Å²) in [4.78, 5) is 29.1. The number of pyridine rings is 1. The molecule has 1 spiro atoms. The smallest absolute Gasteiger partial charge is 0.254 e. The number of carbonyl (C=O) groups excluding carboxylic acids is 2. The molecule has 2 aromatic rings. The van der Waals surface area contributed by atoms with Crippen molar-refractivity contribution in [2.45, 2.75) is 33.1 Å². The highest BCUT2D eigenvalue weighted by molar-refractivity contribution is 5.95. The Balaban J connectivity index is 1.40. The Bertz CT molecular complexity index is 906. The van der Waals surface area contributed by atoms with Gasteiger partial charge in [0.1, 0.15) is 0 Å². The van der Waals surface area contributed by atoms with Crippen LogP contribution in [0.5, 0.6) is 0 Å². The van der Waals surface area contributed by atoms with Gasteiger partial charge in [0.15, 0.2) is 5.65 Å². The lowest BCUT2D eigenvalue weighted by Gasteiger charge is -2.38. The number of nitrogens with zero attached hydrogens (tertiary/aromatic N) is 6. The number of likely N-dealkylation sites (tertiary alicyclic amines) is 2. The van der Waals surface area contributed by atoms with E-state index in [1.165, 1.54) is 10.1 Å². The van der Waals surface area contributed by atoms with Gasteiger partial charge in [0.25, 0.3) is 5.91 Å². The van der Waals surface area contributed by atoms with Gasteiger partial charge in [-0.2, -0.15) is 0 Å². The van der Waals surface area contributed by atoms with Crippen molar-refractivity contribution in [1.82, 2.24) is 29.8 Å². The summed E-state index contributed by atoms with van der Waals surface area (Å²) in [5.74, 6) is 0.234. The molecule has 0 bridgehead atoms. The van der Waals surface area contributed by atoms with E-state index in [0.29, 0.717) is 37.3 Å². The van der Waals surface area contributed by atoms with Crippen LogP contribution in [0.15, 0.2) is 30.0 Å². The molecule has 27 heavy (non-hydrogen) atoms. The van der Waals surface area contributed by atoms with Crippen LogP contribution in [0.2, 0.25) is 0 Å². The quantitative estimate of drug-likeness (QED) is 0.768. The van der Waals surface area contributed by atoms with E-state index in [-0.39, 0.29) is 17.2 Å². The van der Waals surface area contributed by atoms with Crippen molar-refractivity contribution < 1.29 is 9.59 Å². The van der Waals surface area contributed by atoms with Crippen LogP contribution in [0.1, 0.15) is 43.5 Å².